The van der Waals surface area contributed by atoms with Gasteiger partial charge in [-0.15, -0.1) is 0 Å². The van der Waals surface area contributed by atoms with Crippen LogP contribution in [0.25, 0.3) is 0 Å². The van der Waals surface area contributed by atoms with E-state index in [-0.39, 0.29) is 0 Å². The van der Waals surface area contributed by atoms with Crippen LogP contribution >= 0.6 is 0 Å². The Kier molecular flexibility index (Phi) is 4.17. The molecule has 1 saturated heterocycles. The molecule has 0 spiro atoms. The van der Waals surface area contributed by atoms with Crippen molar-refractivity contribution in [1.82, 2.24) is 15.2 Å². The molecule has 5 nitrogen and oxygen atoms in total. The SMILES string of the molecule is COc1ccc(CN2CCNCC2)nc1OC. The molecule has 1 aliphatic rings. The fourth-order valence-corrected chi connectivity index (χ4v) is 1.95. The van der Waals surface area contributed by atoms with Crippen LogP contribution in [0.15, 0.2) is 12.1 Å². The zero-order valence-corrected chi connectivity index (χ0v) is 10.4. The van der Waals surface area contributed by atoms with Crippen LogP contribution in [0.1, 0.15) is 5.69 Å². The van der Waals surface area contributed by atoms with Crippen molar-refractivity contribution in [3.05, 3.63) is 17.8 Å². The summed E-state index contributed by atoms with van der Waals surface area (Å²) in [6.07, 6.45) is 0. The van der Waals surface area contributed by atoms with Gasteiger partial charge >= 0.3 is 0 Å². The maximum Gasteiger partial charge on any atom is 0.257 e. The summed E-state index contributed by atoms with van der Waals surface area (Å²) >= 11 is 0. The fourth-order valence-electron chi connectivity index (χ4n) is 1.95. The Bertz CT molecular complexity index is 365. The molecule has 17 heavy (non-hydrogen) atoms. The topological polar surface area (TPSA) is 46.6 Å². The molecule has 0 saturated carbocycles. The number of nitrogens with one attached hydrogen (secondary N) is 1. The van der Waals surface area contributed by atoms with E-state index in [1.54, 1.807) is 14.2 Å². The van der Waals surface area contributed by atoms with Gasteiger partial charge in [0.1, 0.15) is 0 Å². The van der Waals surface area contributed by atoms with E-state index in [4.69, 9.17) is 9.47 Å². The van der Waals surface area contributed by atoms with Gasteiger partial charge in [-0.05, 0) is 12.1 Å². The van der Waals surface area contributed by atoms with Crippen LogP contribution in [0.3, 0.4) is 0 Å². The van der Waals surface area contributed by atoms with Gasteiger partial charge in [-0.2, -0.15) is 0 Å². The molecule has 5 heteroatoms. The minimum Gasteiger partial charge on any atom is -0.491 e. The van der Waals surface area contributed by atoms with Crippen molar-refractivity contribution in [2.45, 2.75) is 6.54 Å². The minimum absolute atomic E-state index is 0.556. The number of aromatic nitrogens is 1. The van der Waals surface area contributed by atoms with E-state index < -0.39 is 0 Å². The lowest BCUT2D eigenvalue weighted by Crippen LogP contribution is -2.43. The monoisotopic (exact) mass is 237 g/mol. The second-order valence-electron chi connectivity index (χ2n) is 4.04. The average Bonchev–Trinajstić information content (AvgIpc) is 2.40. The molecule has 1 aromatic rings. The number of nitrogens with zero attached hydrogens (tertiary/aromatic N) is 2. The number of hydrogen-bond acceptors (Lipinski definition) is 5. The number of methoxy groups -OCH3 is 2. The molecular formula is C12H19N3O2. The van der Waals surface area contributed by atoms with Crippen molar-refractivity contribution in [1.29, 1.82) is 0 Å². The van der Waals surface area contributed by atoms with Gasteiger partial charge in [0.2, 0.25) is 0 Å². The standard InChI is InChI=1S/C12H19N3O2/c1-16-11-4-3-10(14-12(11)17-2)9-15-7-5-13-6-8-15/h3-4,13H,5-9H2,1-2H3. The molecule has 0 unspecified atom stereocenters. The molecule has 0 amide bonds. The first-order valence-electron chi connectivity index (χ1n) is 5.84. The Hall–Kier alpha value is -1.33. The van der Waals surface area contributed by atoms with Gasteiger partial charge < -0.3 is 14.8 Å². The van der Waals surface area contributed by atoms with Gasteiger partial charge in [-0.25, -0.2) is 4.98 Å². The van der Waals surface area contributed by atoms with Crippen LogP contribution in [0.5, 0.6) is 11.6 Å². The van der Waals surface area contributed by atoms with Gasteiger partial charge in [-0.3, -0.25) is 4.90 Å². The first-order valence-corrected chi connectivity index (χ1v) is 5.84. The Balaban J connectivity index is 2.05. The van der Waals surface area contributed by atoms with Crippen molar-refractivity contribution in [2.24, 2.45) is 0 Å². The lowest BCUT2D eigenvalue weighted by Gasteiger charge is -2.26. The van der Waals surface area contributed by atoms with E-state index >= 15 is 0 Å². The second kappa shape index (κ2) is 5.84. The summed E-state index contributed by atoms with van der Waals surface area (Å²) < 4.78 is 10.4. The normalized spacial score (nSPS) is 16.8. The average molecular weight is 237 g/mol. The van der Waals surface area contributed by atoms with Gasteiger partial charge in [0, 0.05) is 32.7 Å². The zero-order chi connectivity index (χ0) is 12.1. The van der Waals surface area contributed by atoms with Crippen LogP contribution in [-0.4, -0.2) is 50.3 Å². The number of ether oxygens (including phenoxy) is 2. The largest absolute Gasteiger partial charge is 0.491 e. The van der Waals surface area contributed by atoms with Crippen LogP contribution in [0.2, 0.25) is 0 Å². The third-order valence-corrected chi connectivity index (χ3v) is 2.89. The molecular weight excluding hydrogens is 218 g/mol. The minimum atomic E-state index is 0.556. The van der Waals surface area contributed by atoms with Gasteiger partial charge in [0.15, 0.2) is 5.75 Å². The zero-order valence-electron chi connectivity index (χ0n) is 10.4. The molecule has 2 rings (SSSR count). The molecule has 0 atom stereocenters. The summed E-state index contributed by atoms with van der Waals surface area (Å²) in [5.74, 6) is 1.23. The Morgan fingerprint density at radius 2 is 2.00 bits per heavy atom. The van der Waals surface area contributed by atoms with Crippen LogP contribution in [0, 0.1) is 0 Å². The molecule has 0 aliphatic carbocycles. The van der Waals surface area contributed by atoms with Crippen LogP contribution < -0.4 is 14.8 Å². The highest BCUT2D eigenvalue weighted by molar-refractivity contribution is 5.34. The summed E-state index contributed by atoms with van der Waals surface area (Å²) in [5.41, 5.74) is 1.02. The lowest BCUT2D eigenvalue weighted by molar-refractivity contribution is 0.229. The summed E-state index contributed by atoms with van der Waals surface area (Å²) in [5, 5.41) is 3.33. The molecule has 1 aliphatic heterocycles. The third kappa shape index (κ3) is 3.08. The van der Waals surface area contributed by atoms with Crippen LogP contribution in [0.4, 0.5) is 0 Å². The number of rotatable bonds is 4. The quantitative estimate of drug-likeness (QED) is 0.826. The fraction of sp³-hybridized carbons (Fsp3) is 0.583. The Morgan fingerprint density at radius 1 is 1.24 bits per heavy atom. The highest BCUT2D eigenvalue weighted by Gasteiger charge is 2.12. The second-order valence-corrected chi connectivity index (χ2v) is 4.04. The van der Waals surface area contributed by atoms with E-state index in [0.29, 0.717) is 11.6 Å². The first-order chi connectivity index (χ1) is 8.33. The van der Waals surface area contributed by atoms with Gasteiger partial charge in [0.05, 0.1) is 19.9 Å². The molecule has 94 valence electrons. The van der Waals surface area contributed by atoms with E-state index in [1.807, 2.05) is 12.1 Å². The van der Waals surface area contributed by atoms with Crippen LogP contribution in [-0.2, 0) is 6.54 Å². The number of pyridine rings is 1. The van der Waals surface area contributed by atoms with Crippen molar-refractivity contribution in [2.75, 3.05) is 40.4 Å². The number of piperazine rings is 1. The summed E-state index contributed by atoms with van der Waals surface area (Å²) in [4.78, 5) is 6.83. The highest BCUT2D eigenvalue weighted by Crippen LogP contribution is 2.24. The number of hydrogen-bond donors (Lipinski definition) is 1. The molecule has 0 aromatic carbocycles. The van der Waals surface area contributed by atoms with Crippen molar-refractivity contribution >= 4 is 0 Å². The molecule has 1 N–H and O–H groups in total. The van der Waals surface area contributed by atoms with Crippen molar-refractivity contribution < 1.29 is 9.47 Å². The maximum absolute atomic E-state index is 5.20. The Morgan fingerprint density at radius 3 is 2.65 bits per heavy atom. The highest BCUT2D eigenvalue weighted by atomic mass is 16.5. The smallest absolute Gasteiger partial charge is 0.257 e. The van der Waals surface area contributed by atoms with E-state index in [0.717, 1.165) is 38.4 Å². The van der Waals surface area contributed by atoms with Gasteiger partial charge in [-0.1, -0.05) is 0 Å². The van der Waals surface area contributed by atoms with Crippen molar-refractivity contribution in [3.63, 3.8) is 0 Å². The Labute approximate surface area is 102 Å². The summed E-state index contributed by atoms with van der Waals surface area (Å²) in [7, 11) is 3.23. The van der Waals surface area contributed by atoms with E-state index in [1.165, 1.54) is 0 Å². The molecule has 2 heterocycles. The van der Waals surface area contributed by atoms with Gasteiger partial charge in [0.25, 0.3) is 5.88 Å². The molecule has 0 bridgehead atoms. The molecule has 0 radical (unpaired) electrons. The lowest BCUT2D eigenvalue weighted by atomic mass is 10.3. The van der Waals surface area contributed by atoms with Crippen molar-refractivity contribution in [3.8, 4) is 11.6 Å². The third-order valence-electron chi connectivity index (χ3n) is 2.89. The molecule has 1 fully saturated rings. The predicted molar refractivity (Wildman–Crippen MR) is 65.5 cm³/mol. The van der Waals surface area contributed by atoms with E-state index in [2.05, 4.69) is 15.2 Å². The summed E-state index contributed by atoms with van der Waals surface area (Å²) in [6.45, 7) is 5.09. The first kappa shape index (κ1) is 12.1. The summed E-state index contributed by atoms with van der Waals surface area (Å²) in [6, 6.07) is 3.90. The molecule has 1 aromatic heterocycles. The maximum atomic E-state index is 5.20. The predicted octanol–water partition coefficient (Wildman–Crippen LogP) is 0.504. The van der Waals surface area contributed by atoms with E-state index in [9.17, 15) is 0 Å².